The van der Waals surface area contributed by atoms with Gasteiger partial charge in [-0.15, -0.1) is 0 Å². The number of nitrogens with one attached hydrogen (secondary N) is 4. The van der Waals surface area contributed by atoms with Gasteiger partial charge in [-0.3, -0.25) is 28.8 Å². The summed E-state index contributed by atoms with van der Waals surface area (Å²) >= 11 is 0. The molecule has 15 nitrogen and oxygen atoms in total. The Labute approximate surface area is 259 Å². The standard InChI is InChI=1S/C13H21N3O.C11H19NO5.C5H11N3O2/c1-2-3-9-16-13(17)11-4-6-12(7-5-11)15-10-8-14;1-10(2,6-11(3,4)9(16)17)8(15)12-5-7(13)14;6-2-1-5(10)8-3-4(7)9/h4-7,15H,2-3,8-10,14H2,1H3,(H,16,17);5-6H2,1-4H3,(H,12,15)(H,13,14)(H,16,17);1-3,6H2,(H2,7,9)(H,8,10). The average molecular weight is 626 g/mol. The van der Waals surface area contributed by atoms with Crippen molar-refractivity contribution in [2.45, 2.75) is 60.3 Å². The third-order valence-electron chi connectivity index (χ3n) is 5.75. The van der Waals surface area contributed by atoms with Gasteiger partial charge in [0.25, 0.3) is 5.91 Å². The molecule has 12 N–H and O–H groups in total. The van der Waals surface area contributed by atoms with E-state index in [1.165, 1.54) is 13.8 Å². The molecule has 0 saturated carbocycles. The molecule has 0 aliphatic rings. The van der Waals surface area contributed by atoms with E-state index in [-0.39, 0.29) is 37.7 Å². The van der Waals surface area contributed by atoms with Gasteiger partial charge in [0.2, 0.25) is 17.7 Å². The molecule has 1 aromatic carbocycles. The van der Waals surface area contributed by atoms with Crippen LogP contribution in [0.3, 0.4) is 0 Å². The number of rotatable bonds is 17. The van der Waals surface area contributed by atoms with Crippen LogP contribution in [0.25, 0.3) is 0 Å². The quantitative estimate of drug-likeness (QED) is 0.106. The van der Waals surface area contributed by atoms with E-state index in [0.717, 1.165) is 31.6 Å². The van der Waals surface area contributed by atoms with Crippen LogP contribution in [0.5, 0.6) is 0 Å². The van der Waals surface area contributed by atoms with Crippen molar-refractivity contribution >= 4 is 41.3 Å². The molecule has 0 aliphatic heterocycles. The predicted octanol–water partition coefficient (Wildman–Crippen LogP) is 0.238. The van der Waals surface area contributed by atoms with Crippen molar-refractivity contribution in [1.82, 2.24) is 16.0 Å². The van der Waals surface area contributed by atoms with E-state index in [2.05, 4.69) is 28.2 Å². The number of carbonyl (C=O) groups excluding carboxylic acids is 4. The molecule has 44 heavy (non-hydrogen) atoms. The summed E-state index contributed by atoms with van der Waals surface area (Å²) in [5.74, 6) is -3.40. The second-order valence-electron chi connectivity index (χ2n) is 11.0. The summed E-state index contributed by atoms with van der Waals surface area (Å²) < 4.78 is 0. The minimum absolute atomic E-state index is 0.0103. The van der Waals surface area contributed by atoms with Gasteiger partial charge in [0, 0.05) is 49.3 Å². The van der Waals surface area contributed by atoms with Crippen LogP contribution in [0.15, 0.2) is 24.3 Å². The highest BCUT2D eigenvalue weighted by atomic mass is 16.4. The lowest BCUT2D eigenvalue weighted by atomic mass is 9.74. The van der Waals surface area contributed by atoms with Gasteiger partial charge < -0.3 is 48.7 Å². The lowest BCUT2D eigenvalue weighted by Crippen LogP contribution is -2.43. The van der Waals surface area contributed by atoms with E-state index in [9.17, 15) is 28.8 Å². The van der Waals surface area contributed by atoms with E-state index in [1.807, 2.05) is 24.3 Å². The number of carbonyl (C=O) groups is 6. The summed E-state index contributed by atoms with van der Waals surface area (Å²) in [6.07, 6.45) is 2.46. The van der Waals surface area contributed by atoms with Gasteiger partial charge in [0.05, 0.1) is 12.0 Å². The van der Waals surface area contributed by atoms with E-state index in [0.29, 0.717) is 12.1 Å². The number of amides is 4. The molecule has 4 amide bonds. The Kier molecular flexibility index (Phi) is 21.3. The van der Waals surface area contributed by atoms with Crippen molar-refractivity contribution in [1.29, 1.82) is 0 Å². The zero-order chi connectivity index (χ0) is 34.3. The van der Waals surface area contributed by atoms with Crippen LogP contribution >= 0.6 is 0 Å². The fraction of sp³-hybridized carbons (Fsp3) is 0.586. The number of aliphatic carboxylic acids is 2. The molecule has 0 unspecified atom stereocenters. The largest absolute Gasteiger partial charge is 0.481 e. The summed E-state index contributed by atoms with van der Waals surface area (Å²) in [5.41, 5.74) is 14.9. The fourth-order valence-corrected chi connectivity index (χ4v) is 3.50. The molecule has 0 bridgehead atoms. The molecule has 1 aromatic rings. The number of carboxylic acids is 2. The minimum Gasteiger partial charge on any atom is -0.481 e. The molecule has 15 heteroatoms. The number of unbranched alkanes of at least 4 members (excludes halogenated alkanes) is 1. The maximum atomic E-state index is 11.7. The monoisotopic (exact) mass is 625 g/mol. The number of carboxylic acid groups (broad SMARTS) is 2. The zero-order valence-corrected chi connectivity index (χ0v) is 26.5. The van der Waals surface area contributed by atoms with Gasteiger partial charge in [-0.2, -0.15) is 0 Å². The number of anilines is 1. The minimum atomic E-state index is -1.13. The van der Waals surface area contributed by atoms with Crippen molar-refractivity contribution in [2.24, 2.45) is 28.0 Å². The molecule has 0 aromatic heterocycles. The Morgan fingerprint density at radius 1 is 0.795 bits per heavy atom. The molecule has 0 spiro atoms. The van der Waals surface area contributed by atoms with Gasteiger partial charge in [-0.1, -0.05) is 27.2 Å². The molecular formula is C29H51N7O8. The van der Waals surface area contributed by atoms with Crippen LogP contribution in [0.2, 0.25) is 0 Å². The van der Waals surface area contributed by atoms with Crippen molar-refractivity contribution in [3.05, 3.63) is 29.8 Å². The molecular weight excluding hydrogens is 574 g/mol. The van der Waals surface area contributed by atoms with E-state index in [1.54, 1.807) is 13.8 Å². The fourth-order valence-electron chi connectivity index (χ4n) is 3.50. The van der Waals surface area contributed by atoms with Gasteiger partial charge in [0.15, 0.2) is 0 Å². The first kappa shape index (κ1) is 41.9. The maximum Gasteiger partial charge on any atom is 0.322 e. The van der Waals surface area contributed by atoms with Crippen LogP contribution in [0.4, 0.5) is 5.69 Å². The van der Waals surface area contributed by atoms with E-state index in [4.69, 9.17) is 27.4 Å². The van der Waals surface area contributed by atoms with E-state index < -0.39 is 41.1 Å². The SMILES string of the molecule is CC(C)(CC(C)(C)C(=O)NCC(=O)O)C(=O)O.CCCCNC(=O)c1ccc(NCCN)cc1.NCCC(=O)NCC(N)=O. The number of nitrogens with two attached hydrogens (primary N) is 3. The van der Waals surface area contributed by atoms with Crippen molar-refractivity contribution in [2.75, 3.05) is 44.6 Å². The summed E-state index contributed by atoms with van der Waals surface area (Å²) in [6, 6.07) is 7.43. The second kappa shape index (κ2) is 22.3. The molecule has 0 heterocycles. The van der Waals surface area contributed by atoms with Crippen molar-refractivity contribution < 1.29 is 39.0 Å². The van der Waals surface area contributed by atoms with Crippen LogP contribution in [0, 0.1) is 10.8 Å². The van der Waals surface area contributed by atoms with Crippen LogP contribution in [-0.2, 0) is 24.0 Å². The Balaban J connectivity index is 0. The molecule has 250 valence electrons. The van der Waals surface area contributed by atoms with Gasteiger partial charge in [-0.25, -0.2) is 0 Å². The van der Waals surface area contributed by atoms with Crippen LogP contribution < -0.4 is 38.5 Å². The molecule has 0 fully saturated rings. The highest BCUT2D eigenvalue weighted by Gasteiger charge is 2.38. The summed E-state index contributed by atoms with van der Waals surface area (Å²) in [6.45, 7) is 10.1. The molecule has 0 saturated heterocycles. The third-order valence-corrected chi connectivity index (χ3v) is 5.75. The first-order valence-electron chi connectivity index (χ1n) is 14.2. The highest BCUT2D eigenvalue weighted by Crippen LogP contribution is 2.34. The van der Waals surface area contributed by atoms with Crippen LogP contribution in [-0.4, -0.2) is 85.0 Å². The Bertz CT molecular complexity index is 1060. The average Bonchev–Trinajstić information content (AvgIpc) is 2.94. The highest BCUT2D eigenvalue weighted by molar-refractivity contribution is 5.94. The Morgan fingerprint density at radius 2 is 1.39 bits per heavy atom. The number of benzene rings is 1. The predicted molar refractivity (Wildman–Crippen MR) is 168 cm³/mol. The number of primary amides is 1. The molecule has 0 radical (unpaired) electrons. The van der Waals surface area contributed by atoms with E-state index >= 15 is 0 Å². The van der Waals surface area contributed by atoms with Crippen molar-refractivity contribution in [3.63, 3.8) is 0 Å². The zero-order valence-electron chi connectivity index (χ0n) is 26.5. The lowest BCUT2D eigenvalue weighted by Gasteiger charge is -2.30. The van der Waals surface area contributed by atoms with Crippen molar-refractivity contribution in [3.8, 4) is 0 Å². The first-order valence-corrected chi connectivity index (χ1v) is 14.2. The van der Waals surface area contributed by atoms with Gasteiger partial charge in [-0.05, 0) is 51.0 Å². The molecule has 0 atom stereocenters. The topological polar surface area (TPSA) is 269 Å². The maximum absolute atomic E-state index is 11.7. The third kappa shape index (κ3) is 20.6. The lowest BCUT2D eigenvalue weighted by molar-refractivity contribution is -0.150. The van der Waals surface area contributed by atoms with Gasteiger partial charge >= 0.3 is 11.9 Å². The van der Waals surface area contributed by atoms with Gasteiger partial charge in [0.1, 0.15) is 6.54 Å². The number of hydrogen-bond donors (Lipinski definition) is 9. The Morgan fingerprint density at radius 3 is 1.84 bits per heavy atom. The number of hydrogen-bond acceptors (Lipinski definition) is 9. The molecule has 0 aliphatic carbocycles. The van der Waals surface area contributed by atoms with Crippen LogP contribution in [0.1, 0.15) is 70.7 Å². The summed E-state index contributed by atoms with van der Waals surface area (Å²) in [4.78, 5) is 65.3. The summed E-state index contributed by atoms with van der Waals surface area (Å²) in [5, 5.41) is 28.0. The second-order valence-corrected chi connectivity index (χ2v) is 11.0. The molecule has 1 rings (SSSR count). The smallest absolute Gasteiger partial charge is 0.322 e. The normalized spacial score (nSPS) is 10.5. The first-order chi connectivity index (χ1) is 20.4. The Hall–Kier alpha value is -4.24. The summed E-state index contributed by atoms with van der Waals surface area (Å²) in [7, 11) is 0.